The summed E-state index contributed by atoms with van der Waals surface area (Å²) in [6.07, 6.45) is 0. The van der Waals surface area contributed by atoms with Crippen molar-refractivity contribution in [2.24, 2.45) is 0 Å². The van der Waals surface area contributed by atoms with Crippen molar-refractivity contribution in [2.45, 2.75) is 25.4 Å². The van der Waals surface area contributed by atoms with Crippen LogP contribution in [0.3, 0.4) is 0 Å². The maximum absolute atomic E-state index is 15.8. The second-order valence-electron chi connectivity index (χ2n) is 5.94. The molecule has 0 radical (unpaired) electrons. The molecular weight excluding hydrogens is 325 g/mol. The van der Waals surface area contributed by atoms with Gasteiger partial charge in [-0.1, -0.05) is 60.2 Å². The van der Waals surface area contributed by atoms with Crippen LogP contribution in [0.1, 0.15) is 34.3 Å². The fourth-order valence-corrected chi connectivity index (χ4v) is 2.77. The number of hydrogen-bond acceptors (Lipinski definition) is 4. The van der Waals surface area contributed by atoms with Crippen LogP contribution in [-0.2, 0) is 4.79 Å². The molecule has 0 aliphatic carbocycles. The average molecular weight is 343 g/mol. The predicted molar refractivity (Wildman–Crippen MR) is 91.1 cm³/mol. The number of alkyl halides is 1. The highest BCUT2D eigenvalue weighted by Gasteiger charge is 2.53. The normalized spacial score (nSPS) is 14.4. The molecule has 130 valence electrons. The van der Waals surface area contributed by atoms with E-state index >= 15 is 4.39 Å². The molecule has 0 heterocycles. The van der Waals surface area contributed by atoms with Crippen molar-refractivity contribution in [3.05, 3.63) is 81.4 Å². The molecule has 0 unspecified atom stereocenters. The first kappa shape index (κ1) is 18.4. The Labute approximate surface area is 144 Å². The Balaban J connectivity index is 2.59. The summed E-state index contributed by atoms with van der Waals surface area (Å²) < 4.78 is 15.8. The van der Waals surface area contributed by atoms with E-state index in [1.54, 1.807) is 30.3 Å². The monoisotopic (exact) mass is 343 g/mol. The van der Waals surface area contributed by atoms with E-state index in [1.807, 2.05) is 6.92 Å². The maximum Gasteiger partial charge on any atom is 0.243 e. The molecule has 0 N–H and O–H groups in total. The van der Waals surface area contributed by atoms with Crippen molar-refractivity contribution in [1.29, 1.82) is 0 Å². The number of nitrogens with zero attached hydrogens (tertiary/aromatic N) is 1. The third-order valence-electron chi connectivity index (χ3n) is 4.17. The Morgan fingerprint density at radius 3 is 2.16 bits per heavy atom. The Hall–Kier alpha value is -2.89. The molecule has 0 spiro atoms. The molecule has 0 aromatic heterocycles. The van der Waals surface area contributed by atoms with Crippen molar-refractivity contribution >= 4 is 11.6 Å². The zero-order chi connectivity index (χ0) is 18.6. The molecule has 6 heteroatoms. The number of aryl methyl sites for hydroxylation is 1. The molecule has 2 aromatic carbocycles. The minimum absolute atomic E-state index is 0.000611. The number of hydrogen-bond donors (Lipinski definition) is 0. The van der Waals surface area contributed by atoms with Crippen LogP contribution in [-0.4, -0.2) is 28.7 Å². The lowest BCUT2D eigenvalue weighted by atomic mass is 9.76. The van der Waals surface area contributed by atoms with E-state index in [1.165, 1.54) is 24.3 Å². The Morgan fingerprint density at radius 1 is 1.12 bits per heavy atom. The molecule has 0 saturated heterocycles. The predicted octanol–water partition coefficient (Wildman–Crippen LogP) is 3.54. The topological polar surface area (TPSA) is 77.3 Å². The first-order valence-electron chi connectivity index (χ1n) is 7.75. The molecule has 0 fully saturated rings. The number of benzene rings is 2. The summed E-state index contributed by atoms with van der Waals surface area (Å²) in [4.78, 5) is 35.3. The minimum atomic E-state index is -3.01. The van der Waals surface area contributed by atoms with E-state index in [4.69, 9.17) is 0 Å². The molecule has 25 heavy (non-hydrogen) atoms. The number of rotatable bonds is 7. The van der Waals surface area contributed by atoms with Crippen LogP contribution in [0, 0.1) is 17.0 Å². The van der Waals surface area contributed by atoms with Crippen LogP contribution in [0.4, 0.5) is 4.39 Å². The summed E-state index contributed by atoms with van der Waals surface area (Å²) in [6, 6.07) is 13.9. The number of carbonyl (C=O) groups excluding carboxylic acids is 2. The van der Waals surface area contributed by atoms with E-state index in [9.17, 15) is 19.7 Å². The Bertz CT molecular complexity index is 789. The standard InChI is InChI=1S/C19H18FNO4/c1-13-8-10-15(11-9-13)17(12-21(24)25)19(20,14(2)22)18(23)16-6-4-3-5-7-16/h3-11,17H,12H2,1-2H3/t17-,19+/m0/s1. The first-order valence-corrected chi connectivity index (χ1v) is 7.75. The average Bonchev–Trinajstić information content (AvgIpc) is 2.59. The van der Waals surface area contributed by atoms with Gasteiger partial charge < -0.3 is 0 Å². The van der Waals surface area contributed by atoms with E-state index in [-0.39, 0.29) is 11.1 Å². The minimum Gasteiger partial charge on any atom is -0.296 e. The third-order valence-corrected chi connectivity index (χ3v) is 4.17. The van der Waals surface area contributed by atoms with Crippen LogP contribution >= 0.6 is 0 Å². The van der Waals surface area contributed by atoms with Gasteiger partial charge in [0.05, 0.1) is 5.92 Å². The van der Waals surface area contributed by atoms with Gasteiger partial charge in [-0.25, -0.2) is 4.39 Å². The summed E-state index contributed by atoms with van der Waals surface area (Å²) >= 11 is 0. The van der Waals surface area contributed by atoms with Gasteiger partial charge in [-0.15, -0.1) is 0 Å². The van der Waals surface area contributed by atoms with Gasteiger partial charge in [0, 0.05) is 10.5 Å². The van der Waals surface area contributed by atoms with Crippen molar-refractivity contribution in [3.63, 3.8) is 0 Å². The third kappa shape index (κ3) is 3.79. The van der Waals surface area contributed by atoms with Gasteiger partial charge >= 0.3 is 0 Å². The summed E-state index contributed by atoms with van der Waals surface area (Å²) in [5.41, 5.74) is -1.89. The summed E-state index contributed by atoms with van der Waals surface area (Å²) in [7, 11) is 0. The van der Waals surface area contributed by atoms with Gasteiger partial charge in [0.2, 0.25) is 18.0 Å². The van der Waals surface area contributed by atoms with Crippen molar-refractivity contribution in [2.75, 3.05) is 6.54 Å². The largest absolute Gasteiger partial charge is 0.296 e. The van der Waals surface area contributed by atoms with E-state index in [2.05, 4.69) is 0 Å². The number of halogens is 1. The highest BCUT2D eigenvalue weighted by Crippen LogP contribution is 2.36. The highest BCUT2D eigenvalue weighted by atomic mass is 19.1. The molecule has 0 saturated carbocycles. The number of carbonyl (C=O) groups is 2. The second kappa shape index (κ2) is 7.34. The lowest BCUT2D eigenvalue weighted by molar-refractivity contribution is -0.485. The molecule has 5 nitrogen and oxygen atoms in total. The second-order valence-corrected chi connectivity index (χ2v) is 5.94. The smallest absolute Gasteiger partial charge is 0.243 e. The van der Waals surface area contributed by atoms with Crippen LogP contribution in [0.5, 0.6) is 0 Å². The van der Waals surface area contributed by atoms with Gasteiger partial charge in [-0.2, -0.15) is 0 Å². The van der Waals surface area contributed by atoms with Gasteiger partial charge in [0.15, 0.2) is 5.78 Å². The summed E-state index contributed by atoms with van der Waals surface area (Å²) in [5.74, 6) is -3.62. The molecule has 0 aliphatic rings. The van der Waals surface area contributed by atoms with E-state index < -0.39 is 34.6 Å². The molecule has 0 aliphatic heterocycles. The van der Waals surface area contributed by atoms with Crippen molar-refractivity contribution in [3.8, 4) is 0 Å². The van der Waals surface area contributed by atoms with Gasteiger partial charge in [-0.3, -0.25) is 19.7 Å². The molecular formula is C19H18FNO4. The fourth-order valence-electron chi connectivity index (χ4n) is 2.77. The summed E-state index contributed by atoms with van der Waals surface area (Å²) in [5, 5.41) is 11.1. The molecule has 0 amide bonds. The lowest BCUT2D eigenvalue weighted by Gasteiger charge is -2.28. The van der Waals surface area contributed by atoms with Crippen LogP contribution in [0.15, 0.2) is 54.6 Å². The van der Waals surface area contributed by atoms with Gasteiger partial charge in [0.1, 0.15) is 0 Å². The van der Waals surface area contributed by atoms with Crippen LogP contribution < -0.4 is 0 Å². The maximum atomic E-state index is 15.8. The van der Waals surface area contributed by atoms with E-state index in [0.717, 1.165) is 12.5 Å². The SMILES string of the molecule is CC(=O)[C@](F)(C(=O)c1ccccc1)[C@@H](C[N+](=O)[O-])c1ccc(C)cc1. The Morgan fingerprint density at radius 2 is 1.68 bits per heavy atom. The van der Waals surface area contributed by atoms with Crippen molar-refractivity contribution in [1.82, 2.24) is 0 Å². The van der Waals surface area contributed by atoms with Crippen LogP contribution in [0.25, 0.3) is 0 Å². The highest BCUT2D eigenvalue weighted by molar-refractivity contribution is 6.17. The fraction of sp³-hybridized carbons (Fsp3) is 0.263. The zero-order valence-corrected chi connectivity index (χ0v) is 13.9. The molecule has 2 rings (SSSR count). The quantitative estimate of drug-likeness (QED) is 0.333. The first-order chi connectivity index (χ1) is 11.8. The number of Topliss-reactive ketones (excluding diaryl/α,β-unsaturated/α-hetero) is 2. The molecule has 2 aromatic rings. The van der Waals surface area contributed by atoms with Crippen LogP contribution in [0.2, 0.25) is 0 Å². The van der Waals surface area contributed by atoms with Crippen molar-refractivity contribution < 1.29 is 18.9 Å². The lowest BCUT2D eigenvalue weighted by Crippen LogP contribution is -2.49. The number of nitro groups is 1. The van der Waals surface area contributed by atoms with Gasteiger partial charge in [-0.05, 0) is 19.4 Å². The summed E-state index contributed by atoms with van der Waals surface area (Å²) in [6.45, 7) is 1.90. The Kier molecular flexibility index (Phi) is 5.41. The molecule has 2 atom stereocenters. The van der Waals surface area contributed by atoms with Gasteiger partial charge in [0.25, 0.3) is 0 Å². The number of ketones is 2. The van der Waals surface area contributed by atoms with E-state index in [0.29, 0.717) is 0 Å². The zero-order valence-electron chi connectivity index (χ0n) is 13.9. The molecule has 0 bridgehead atoms.